The first-order chi connectivity index (χ1) is 14.3. The molecule has 3 aromatic carbocycles. The van der Waals surface area contributed by atoms with Crippen LogP contribution < -0.4 is 5.73 Å². The van der Waals surface area contributed by atoms with Gasteiger partial charge in [-0.05, 0) is 47.5 Å². The summed E-state index contributed by atoms with van der Waals surface area (Å²) in [6, 6.07) is 21.4. The lowest BCUT2D eigenvalue weighted by molar-refractivity contribution is -0.122. The van der Waals surface area contributed by atoms with Crippen LogP contribution in [0.25, 0.3) is 0 Å². The smallest absolute Gasteiger partial charge is 0.244 e. The molecule has 0 fully saturated rings. The Morgan fingerprint density at radius 1 is 1.00 bits per heavy atom. The number of amides is 1. The van der Waals surface area contributed by atoms with Crippen LogP contribution in [0.15, 0.2) is 83.8 Å². The Balaban J connectivity index is 2.12. The molecule has 0 bridgehead atoms. The molecule has 1 amide bonds. The van der Waals surface area contributed by atoms with Crippen molar-refractivity contribution < 1.29 is 13.2 Å². The summed E-state index contributed by atoms with van der Waals surface area (Å²) in [5.74, 6) is -0.799. The highest BCUT2D eigenvalue weighted by Crippen LogP contribution is 2.30. The number of nitriles is 1. The van der Waals surface area contributed by atoms with E-state index < -0.39 is 22.0 Å². The highest BCUT2D eigenvalue weighted by atomic mass is 35.5. The van der Waals surface area contributed by atoms with Gasteiger partial charge in [-0.15, -0.1) is 0 Å². The summed E-state index contributed by atoms with van der Waals surface area (Å²) in [6.07, 6.45) is 0. The number of carbonyl (C=O) groups is 1. The summed E-state index contributed by atoms with van der Waals surface area (Å²) < 4.78 is 28.1. The summed E-state index contributed by atoms with van der Waals surface area (Å²) in [5.41, 5.74) is 7.16. The molecule has 0 aromatic heterocycles. The van der Waals surface area contributed by atoms with Gasteiger partial charge < -0.3 is 5.73 Å². The topological polar surface area (TPSA) is 104 Å². The molecule has 2 N–H and O–H groups in total. The van der Waals surface area contributed by atoms with Crippen LogP contribution >= 0.6 is 11.6 Å². The van der Waals surface area contributed by atoms with Crippen LogP contribution in [0.1, 0.15) is 22.7 Å². The molecule has 0 heterocycles. The second-order valence-electron chi connectivity index (χ2n) is 6.53. The molecule has 0 aliphatic rings. The molecular weight excluding hydrogens is 422 g/mol. The largest absolute Gasteiger partial charge is 0.368 e. The fourth-order valence-corrected chi connectivity index (χ4v) is 4.73. The lowest BCUT2D eigenvalue weighted by Crippen LogP contribution is -2.41. The van der Waals surface area contributed by atoms with Crippen LogP contribution in [0.5, 0.6) is 0 Å². The van der Waals surface area contributed by atoms with Gasteiger partial charge in [-0.3, -0.25) is 4.79 Å². The first kappa shape index (κ1) is 21.5. The van der Waals surface area contributed by atoms with Gasteiger partial charge in [-0.25, -0.2) is 8.42 Å². The molecule has 0 unspecified atom stereocenters. The highest BCUT2D eigenvalue weighted by molar-refractivity contribution is 7.89. The number of nitrogens with two attached hydrogens (primary N) is 1. The summed E-state index contributed by atoms with van der Waals surface area (Å²) in [5, 5.41) is 9.38. The Morgan fingerprint density at radius 2 is 1.60 bits per heavy atom. The second kappa shape index (κ2) is 9.09. The van der Waals surface area contributed by atoms with Crippen molar-refractivity contribution in [3.05, 3.63) is 101 Å². The molecule has 0 spiro atoms. The van der Waals surface area contributed by atoms with E-state index in [1.54, 1.807) is 54.6 Å². The number of nitrogens with zero attached hydrogens (tertiary/aromatic N) is 2. The lowest BCUT2D eigenvalue weighted by atomic mass is 10.1. The number of benzene rings is 3. The van der Waals surface area contributed by atoms with Crippen molar-refractivity contribution in [2.24, 2.45) is 5.73 Å². The van der Waals surface area contributed by atoms with E-state index in [0.717, 1.165) is 4.31 Å². The molecule has 1 atom stereocenters. The number of rotatable bonds is 7. The molecule has 152 valence electrons. The molecule has 6 nitrogen and oxygen atoms in total. The van der Waals surface area contributed by atoms with Gasteiger partial charge in [0.15, 0.2) is 0 Å². The van der Waals surface area contributed by atoms with E-state index in [0.29, 0.717) is 21.7 Å². The van der Waals surface area contributed by atoms with Gasteiger partial charge in [0, 0.05) is 11.6 Å². The Morgan fingerprint density at radius 3 is 2.13 bits per heavy atom. The van der Waals surface area contributed by atoms with Crippen LogP contribution in [0.4, 0.5) is 0 Å². The minimum absolute atomic E-state index is 0.0114. The number of sulfonamides is 1. The standard InChI is InChI=1S/C22H18ClN3O3S/c23-19-10-12-20(13-11-19)30(28,29)26(15-17-8-6-16(14-24)7-9-17)21(22(25)27)18-4-2-1-3-5-18/h1-13,21H,15H2,(H2,25,27)/t21-/m1/s1. The molecule has 0 saturated heterocycles. The number of carbonyl (C=O) groups excluding carboxylic acids is 1. The first-order valence-corrected chi connectivity index (χ1v) is 10.8. The predicted molar refractivity (Wildman–Crippen MR) is 114 cm³/mol. The van der Waals surface area contributed by atoms with Crippen LogP contribution in [0.3, 0.4) is 0 Å². The van der Waals surface area contributed by atoms with Gasteiger partial charge >= 0.3 is 0 Å². The zero-order chi connectivity index (χ0) is 21.7. The third kappa shape index (κ3) is 4.69. The van der Waals surface area contributed by atoms with Crippen LogP contribution in [-0.2, 0) is 21.4 Å². The monoisotopic (exact) mass is 439 g/mol. The molecule has 30 heavy (non-hydrogen) atoms. The summed E-state index contributed by atoms with van der Waals surface area (Å²) in [6.45, 7) is -0.112. The van der Waals surface area contributed by atoms with Crippen molar-refractivity contribution in [2.45, 2.75) is 17.5 Å². The first-order valence-electron chi connectivity index (χ1n) is 8.93. The maximum absolute atomic E-state index is 13.5. The van der Waals surface area contributed by atoms with E-state index in [9.17, 15) is 13.2 Å². The number of primary amides is 1. The molecule has 0 saturated carbocycles. The Labute approximate surface area is 180 Å². The summed E-state index contributed by atoms with van der Waals surface area (Å²) in [4.78, 5) is 12.4. The second-order valence-corrected chi connectivity index (χ2v) is 8.86. The zero-order valence-corrected chi connectivity index (χ0v) is 17.3. The van der Waals surface area contributed by atoms with Crippen molar-refractivity contribution in [2.75, 3.05) is 0 Å². The zero-order valence-electron chi connectivity index (χ0n) is 15.8. The van der Waals surface area contributed by atoms with Crippen molar-refractivity contribution in [3.63, 3.8) is 0 Å². The average molecular weight is 440 g/mol. The van der Waals surface area contributed by atoms with E-state index in [-0.39, 0.29) is 11.4 Å². The number of hydrogen-bond acceptors (Lipinski definition) is 4. The normalized spacial score (nSPS) is 12.3. The van der Waals surface area contributed by atoms with Crippen molar-refractivity contribution in [3.8, 4) is 6.07 Å². The molecule has 3 rings (SSSR count). The predicted octanol–water partition coefficient (Wildman–Crippen LogP) is 3.63. The van der Waals surface area contributed by atoms with E-state index in [1.165, 1.54) is 24.3 Å². The van der Waals surface area contributed by atoms with Crippen LogP contribution in [0.2, 0.25) is 5.02 Å². The molecule has 0 aliphatic carbocycles. The minimum Gasteiger partial charge on any atom is -0.368 e. The summed E-state index contributed by atoms with van der Waals surface area (Å²) in [7, 11) is -4.12. The maximum Gasteiger partial charge on any atom is 0.244 e. The Bertz CT molecular complexity index is 1170. The van der Waals surface area contributed by atoms with Gasteiger partial charge in [-0.2, -0.15) is 9.57 Å². The van der Waals surface area contributed by atoms with E-state index in [2.05, 4.69) is 0 Å². The number of halogens is 1. The van der Waals surface area contributed by atoms with Gasteiger partial charge in [0.1, 0.15) is 6.04 Å². The third-order valence-corrected chi connectivity index (χ3v) is 6.59. The molecule has 0 aliphatic heterocycles. The summed E-state index contributed by atoms with van der Waals surface area (Å²) >= 11 is 5.90. The van der Waals surface area contributed by atoms with Crippen molar-refractivity contribution >= 4 is 27.5 Å². The van der Waals surface area contributed by atoms with Crippen molar-refractivity contribution in [1.82, 2.24) is 4.31 Å². The quantitative estimate of drug-likeness (QED) is 0.606. The lowest BCUT2D eigenvalue weighted by Gasteiger charge is -2.29. The average Bonchev–Trinajstić information content (AvgIpc) is 2.74. The van der Waals surface area contributed by atoms with Crippen LogP contribution in [0, 0.1) is 11.3 Å². The fraction of sp³-hybridized carbons (Fsp3) is 0.0909. The van der Waals surface area contributed by atoms with E-state index in [4.69, 9.17) is 22.6 Å². The van der Waals surface area contributed by atoms with Crippen LogP contribution in [-0.4, -0.2) is 18.6 Å². The number of hydrogen-bond donors (Lipinski definition) is 1. The molecule has 8 heteroatoms. The molecular formula is C22H18ClN3O3S. The maximum atomic E-state index is 13.5. The highest BCUT2D eigenvalue weighted by Gasteiger charge is 2.36. The van der Waals surface area contributed by atoms with Crippen molar-refractivity contribution in [1.29, 1.82) is 5.26 Å². The SMILES string of the molecule is N#Cc1ccc(CN([C@@H](C(N)=O)c2ccccc2)S(=O)(=O)c2ccc(Cl)cc2)cc1. The van der Waals surface area contributed by atoms with Gasteiger partial charge in [0.25, 0.3) is 0 Å². The Hall–Kier alpha value is -3.18. The molecule has 0 radical (unpaired) electrons. The van der Waals surface area contributed by atoms with Gasteiger partial charge in [-0.1, -0.05) is 54.1 Å². The minimum atomic E-state index is -4.12. The van der Waals surface area contributed by atoms with E-state index >= 15 is 0 Å². The van der Waals surface area contributed by atoms with Gasteiger partial charge in [0.2, 0.25) is 15.9 Å². The Kier molecular flexibility index (Phi) is 6.53. The fourth-order valence-electron chi connectivity index (χ4n) is 3.03. The molecule has 3 aromatic rings. The van der Waals surface area contributed by atoms with Gasteiger partial charge in [0.05, 0.1) is 16.5 Å². The van der Waals surface area contributed by atoms with E-state index in [1.807, 2.05) is 6.07 Å². The third-order valence-electron chi connectivity index (χ3n) is 4.51.